The molecule has 0 atom stereocenters. The first-order valence-electron chi connectivity index (χ1n) is 6.55. The standard InChI is InChI=1S/C14H23N3O/c1-10(2)18-13-11(15)5-6-12(16-13)17-8-7-14(3,4)9-17/h5-6,10H,7-9,15H2,1-4H3. The minimum atomic E-state index is 0.0880. The van der Waals surface area contributed by atoms with Crippen LogP contribution in [0.4, 0.5) is 11.5 Å². The van der Waals surface area contributed by atoms with Crippen molar-refractivity contribution in [1.82, 2.24) is 4.98 Å². The smallest absolute Gasteiger partial charge is 0.239 e. The van der Waals surface area contributed by atoms with Crippen molar-refractivity contribution < 1.29 is 4.74 Å². The van der Waals surface area contributed by atoms with Gasteiger partial charge in [0.25, 0.3) is 0 Å². The minimum Gasteiger partial charge on any atom is -0.473 e. The first-order valence-corrected chi connectivity index (χ1v) is 6.55. The zero-order valence-electron chi connectivity index (χ0n) is 11.7. The van der Waals surface area contributed by atoms with Gasteiger partial charge in [-0.25, -0.2) is 0 Å². The van der Waals surface area contributed by atoms with Gasteiger partial charge in [-0.3, -0.25) is 0 Å². The van der Waals surface area contributed by atoms with Gasteiger partial charge >= 0.3 is 0 Å². The molecule has 2 rings (SSSR count). The van der Waals surface area contributed by atoms with Gasteiger partial charge in [0.15, 0.2) is 0 Å². The lowest BCUT2D eigenvalue weighted by Gasteiger charge is -2.21. The Morgan fingerprint density at radius 1 is 1.39 bits per heavy atom. The number of nitrogens with zero attached hydrogens (tertiary/aromatic N) is 2. The molecule has 4 heteroatoms. The second kappa shape index (κ2) is 4.67. The van der Waals surface area contributed by atoms with Crippen molar-refractivity contribution in [1.29, 1.82) is 0 Å². The van der Waals surface area contributed by atoms with Crippen LogP contribution in [-0.2, 0) is 0 Å². The van der Waals surface area contributed by atoms with Crippen LogP contribution in [0, 0.1) is 5.41 Å². The molecule has 0 bridgehead atoms. The van der Waals surface area contributed by atoms with Crippen LogP contribution in [0.2, 0.25) is 0 Å². The summed E-state index contributed by atoms with van der Waals surface area (Å²) in [6.45, 7) is 10.6. The van der Waals surface area contributed by atoms with E-state index >= 15 is 0 Å². The molecule has 0 aliphatic carbocycles. The lowest BCUT2D eigenvalue weighted by atomic mass is 9.93. The molecule has 2 heterocycles. The van der Waals surface area contributed by atoms with Crippen LogP contribution in [0.1, 0.15) is 34.1 Å². The van der Waals surface area contributed by atoms with Crippen LogP contribution in [0.15, 0.2) is 12.1 Å². The van der Waals surface area contributed by atoms with Crippen LogP contribution < -0.4 is 15.4 Å². The molecule has 1 fully saturated rings. The molecule has 0 spiro atoms. The Bertz CT molecular complexity index is 429. The highest BCUT2D eigenvalue weighted by Gasteiger charge is 2.30. The fourth-order valence-electron chi connectivity index (χ4n) is 2.24. The molecule has 0 unspecified atom stereocenters. The Kier molecular flexibility index (Phi) is 3.37. The van der Waals surface area contributed by atoms with Crippen molar-refractivity contribution in [3.05, 3.63) is 12.1 Å². The number of nitrogens with two attached hydrogens (primary N) is 1. The second-order valence-corrected chi connectivity index (χ2v) is 6.07. The third-order valence-corrected chi connectivity index (χ3v) is 3.22. The molecule has 0 amide bonds. The van der Waals surface area contributed by atoms with E-state index in [-0.39, 0.29) is 6.10 Å². The Morgan fingerprint density at radius 2 is 2.11 bits per heavy atom. The molecule has 1 saturated heterocycles. The minimum absolute atomic E-state index is 0.0880. The molecule has 100 valence electrons. The summed E-state index contributed by atoms with van der Waals surface area (Å²) in [4.78, 5) is 6.84. The van der Waals surface area contributed by atoms with Gasteiger partial charge in [-0.05, 0) is 37.8 Å². The first-order chi connectivity index (χ1) is 8.37. The van der Waals surface area contributed by atoms with Crippen LogP contribution in [-0.4, -0.2) is 24.2 Å². The first kappa shape index (κ1) is 13.0. The zero-order chi connectivity index (χ0) is 13.3. The summed E-state index contributed by atoms with van der Waals surface area (Å²) < 4.78 is 5.63. The van der Waals surface area contributed by atoms with Crippen molar-refractivity contribution in [2.45, 2.75) is 40.2 Å². The summed E-state index contributed by atoms with van der Waals surface area (Å²) in [5, 5.41) is 0. The largest absolute Gasteiger partial charge is 0.473 e. The van der Waals surface area contributed by atoms with E-state index in [9.17, 15) is 0 Å². The maximum Gasteiger partial charge on any atom is 0.239 e. The van der Waals surface area contributed by atoms with Crippen molar-refractivity contribution in [2.24, 2.45) is 5.41 Å². The van der Waals surface area contributed by atoms with Crippen LogP contribution in [0.5, 0.6) is 5.88 Å². The summed E-state index contributed by atoms with van der Waals surface area (Å²) >= 11 is 0. The van der Waals surface area contributed by atoms with E-state index in [4.69, 9.17) is 10.5 Å². The number of nitrogen functional groups attached to an aromatic ring is 1. The van der Waals surface area contributed by atoms with Gasteiger partial charge in [0, 0.05) is 13.1 Å². The molecule has 1 aliphatic rings. The monoisotopic (exact) mass is 249 g/mol. The molecule has 0 saturated carbocycles. The Labute approximate surface area is 109 Å². The number of pyridine rings is 1. The SMILES string of the molecule is CC(C)Oc1nc(N2CCC(C)(C)C2)ccc1N. The molecular weight excluding hydrogens is 226 g/mol. The summed E-state index contributed by atoms with van der Waals surface area (Å²) in [5.41, 5.74) is 6.85. The molecule has 0 aromatic carbocycles. The van der Waals surface area contributed by atoms with Crippen molar-refractivity contribution in [2.75, 3.05) is 23.7 Å². The second-order valence-electron chi connectivity index (χ2n) is 6.07. The number of anilines is 2. The molecule has 2 N–H and O–H groups in total. The zero-order valence-corrected chi connectivity index (χ0v) is 11.7. The van der Waals surface area contributed by atoms with Gasteiger partial charge in [0.05, 0.1) is 11.8 Å². The fourth-order valence-corrected chi connectivity index (χ4v) is 2.24. The number of ether oxygens (including phenoxy) is 1. The molecule has 1 aromatic rings. The topological polar surface area (TPSA) is 51.4 Å². The van der Waals surface area contributed by atoms with E-state index < -0.39 is 0 Å². The molecule has 1 aromatic heterocycles. The molecule has 18 heavy (non-hydrogen) atoms. The number of rotatable bonds is 3. The van der Waals surface area contributed by atoms with Crippen LogP contribution >= 0.6 is 0 Å². The lowest BCUT2D eigenvalue weighted by molar-refractivity contribution is 0.234. The van der Waals surface area contributed by atoms with Crippen molar-refractivity contribution in [3.8, 4) is 5.88 Å². The quantitative estimate of drug-likeness (QED) is 0.895. The Hall–Kier alpha value is -1.45. The predicted molar refractivity (Wildman–Crippen MR) is 75.0 cm³/mol. The van der Waals surface area contributed by atoms with E-state index in [0.29, 0.717) is 17.0 Å². The van der Waals surface area contributed by atoms with E-state index in [0.717, 1.165) is 18.9 Å². The molecule has 0 radical (unpaired) electrons. The van der Waals surface area contributed by atoms with Gasteiger partial charge in [-0.2, -0.15) is 4.98 Å². The predicted octanol–water partition coefficient (Wildman–Crippen LogP) is 2.69. The average molecular weight is 249 g/mol. The third kappa shape index (κ3) is 2.86. The highest BCUT2D eigenvalue weighted by Crippen LogP contribution is 2.33. The van der Waals surface area contributed by atoms with Gasteiger partial charge in [0.1, 0.15) is 5.82 Å². The summed E-state index contributed by atoms with van der Waals surface area (Å²) in [6.07, 6.45) is 1.28. The number of hydrogen-bond donors (Lipinski definition) is 1. The van der Waals surface area contributed by atoms with E-state index in [1.807, 2.05) is 26.0 Å². The van der Waals surface area contributed by atoms with E-state index in [1.54, 1.807) is 0 Å². The summed E-state index contributed by atoms with van der Waals surface area (Å²) in [7, 11) is 0. The summed E-state index contributed by atoms with van der Waals surface area (Å²) in [5.74, 6) is 1.51. The molecule has 4 nitrogen and oxygen atoms in total. The lowest BCUT2D eigenvalue weighted by Crippen LogP contribution is -2.24. The van der Waals surface area contributed by atoms with Gasteiger partial charge in [-0.15, -0.1) is 0 Å². The maximum absolute atomic E-state index is 5.88. The van der Waals surface area contributed by atoms with Crippen molar-refractivity contribution >= 4 is 11.5 Å². The maximum atomic E-state index is 5.88. The normalized spacial score (nSPS) is 18.4. The Balaban J connectivity index is 2.19. The number of aromatic nitrogens is 1. The highest BCUT2D eigenvalue weighted by molar-refractivity contribution is 5.55. The number of hydrogen-bond acceptors (Lipinski definition) is 4. The van der Waals surface area contributed by atoms with E-state index in [2.05, 4.69) is 23.7 Å². The molecule has 1 aliphatic heterocycles. The van der Waals surface area contributed by atoms with E-state index in [1.165, 1.54) is 6.42 Å². The third-order valence-electron chi connectivity index (χ3n) is 3.22. The van der Waals surface area contributed by atoms with Crippen LogP contribution in [0.25, 0.3) is 0 Å². The van der Waals surface area contributed by atoms with Gasteiger partial charge < -0.3 is 15.4 Å². The highest BCUT2D eigenvalue weighted by atomic mass is 16.5. The van der Waals surface area contributed by atoms with Crippen molar-refractivity contribution in [3.63, 3.8) is 0 Å². The fraction of sp³-hybridized carbons (Fsp3) is 0.643. The summed E-state index contributed by atoms with van der Waals surface area (Å²) in [6, 6.07) is 3.86. The van der Waals surface area contributed by atoms with Gasteiger partial charge in [0.2, 0.25) is 5.88 Å². The van der Waals surface area contributed by atoms with Crippen LogP contribution in [0.3, 0.4) is 0 Å². The Morgan fingerprint density at radius 3 is 2.67 bits per heavy atom. The molecular formula is C14H23N3O. The average Bonchev–Trinajstić information content (AvgIpc) is 2.61. The van der Waals surface area contributed by atoms with Gasteiger partial charge in [-0.1, -0.05) is 13.8 Å².